The van der Waals surface area contributed by atoms with Crippen LogP contribution in [-0.4, -0.2) is 47.0 Å². The van der Waals surface area contributed by atoms with E-state index in [4.69, 9.17) is 9.63 Å². The van der Waals surface area contributed by atoms with Crippen molar-refractivity contribution in [3.05, 3.63) is 18.0 Å². The van der Waals surface area contributed by atoms with Crippen molar-refractivity contribution in [1.82, 2.24) is 14.4 Å². The van der Waals surface area contributed by atoms with Crippen LogP contribution in [0.1, 0.15) is 45.2 Å². The normalized spacial score (nSPS) is 15.8. The summed E-state index contributed by atoms with van der Waals surface area (Å²) in [5, 5.41) is 13.7. The van der Waals surface area contributed by atoms with Crippen LogP contribution < -0.4 is 0 Å². The number of fused-ring (bicyclic) bond motifs is 1. The van der Waals surface area contributed by atoms with Crippen molar-refractivity contribution in [3.63, 3.8) is 0 Å². The summed E-state index contributed by atoms with van der Waals surface area (Å²) in [6.07, 6.45) is 3.18. The van der Waals surface area contributed by atoms with E-state index in [1.807, 2.05) is 20.8 Å². The molecule has 1 saturated carbocycles. The smallest absolute Gasteiger partial charge is 0.318 e. The Morgan fingerprint density at radius 1 is 1.40 bits per heavy atom. The fraction of sp³-hybridized carbons (Fsp3) is 0.562. The lowest BCUT2D eigenvalue weighted by molar-refractivity contribution is -0.137. The third-order valence-corrected chi connectivity index (χ3v) is 5.65. The highest BCUT2D eigenvalue weighted by Crippen LogP contribution is 2.42. The second-order valence-electron chi connectivity index (χ2n) is 7.59. The van der Waals surface area contributed by atoms with Crippen LogP contribution in [0.3, 0.4) is 0 Å². The summed E-state index contributed by atoms with van der Waals surface area (Å²) in [4.78, 5) is 15.2. The van der Waals surface area contributed by atoms with Gasteiger partial charge in [-0.25, -0.2) is 13.4 Å². The molecule has 8 nitrogen and oxygen atoms in total. The van der Waals surface area contributed by atoms with Gasteiger partial charge >= 0.3 is 5.97 Å². The first kappa shape index (κ1) is 17.8. The summed E-state index contributed by atoms with van der Waals surface area (Å²) in [7, 11) is -4.00. The van der Waals surface area contributed by atoms with Gasteiger partial charge in [-0.3, -0.25) is 4.79 Å². The molecule has 0 spiro atoms. The number of hydrogen-bond acceptors (Lipinski definition) is 6. The van der Waals surface area contributed by atoms with E-state index in [9.17, 15) is 13.2 Å². The summed E-state index contributed by atoms with van der Waals surface area (Å²) in [5.74, 6) is -0.920. The molecule has 25 heavy (non-hydrogen) atoms. The first-order valence-electron chi connectivity index (χ1n) is 8.05. The van der Waals surface area contributed by atoms with E-state index >= 15 is 0 Å². The lowest BCUT2D eigenvalue weighted by Crippen LogP contribution is -2.41. The number of aliphatic carboxylic acids is 1. The lowest BCUT2D eigenvalue weighted by atomic mass is 9.97. The van der Waals surface area contributed by atoms with E-state index in [-0.39, 0.29) is 17.4 Å². The zero-order chi connectivity index (χ0) is 18.4. The van der Waals surface area contributed by atoms with Crippen molar-refractivity contribution in [3.8, 4) is 0 Å². The molecule has 2 heterocycles. The molecule has 1 N–H and O–H groups in total. The Morgan fingerprint density at radius 2 is 2.08 bits per heavy atom. The van der Waals surface area contributed by atoms with Gasteiger partial charge in [0.05, 0.1) is 17.3 Å². The molecule has 136 valence electrons. The van der Waals surface area contributed by atoms with Crippen LogP contribution in [0.15, 0.2) is 21.7 Å². The van der Waals surface area contributed by atoms with Crippen molar-refractivity contribution in [2.45, 2.75) is 44.4 Å². The molecule has 0 saturated heterocycles. The number of aromatic nitrogens is 2. The summed E-state index contributed by atoms with van der Waals surface area (Å²) in [6, 6.07) is 1.49. The number of carbonyl (C=O) groups is 1. The van der Waals surface area contributed by atoms with E-state index in [1.54, 1.807) is 0 Å². The van der Waals surface area contributed by atoms with Crippen LogP contribution in [0, 0.1) is 5.41 Å². The largest absolute Gasteiger partial charge is 0.480 e. The monoisotopic (exact) mass is 367 g/mol. The SMILES string of the molecule is CC(C)(C)CN(CC(=O)O)S(=O)(=O)c1cnc2onc(C3CC3)c2c1. The molecule has 0 aliphatic heterocycles. The number of sulfonamides is 1. The number of nitrogens with zero attached hydrogens (tertiary/aromatic N) is 3. The van der Waals surface area contributed by atoms with Crippen LogP contribution >= 0.6 is 0 Å². The maximum atomic E-state index is 13.0. The van der Waals surface area contributed by atoms with E-state index in [2.05, 4.69) is 10.1 Å². The molecule has 3 rings (SSSR count). The second-order valence-corrected chi connectivity index (χ2v) is 9.53. The van der Waals surface area contributed by atoms with Crippen LogP contribution in [-0.2, 0) is 14.8 Å². The third kappa shape index (κ3) is 3.82. The van der Waals surface area contributed by atoms with E-state index in [0.717, 1.165) is 22.8 Å². The van der Waals surface area contributed by atoms with Gasteiger partial charge in [0.25, 0.3) is 5.71 Å². The van der Waals surface area contributed by atoms with E-state index in [1.165, 1.54) is 12.3 Å². The maximum Gasteiger partial charge on any atom is 0.318 e. The minimum Gasteiger partial charge on any atom is -0.480 e. The highest BCUT2D eigenvalue weighted by Gasteiger charge is 2.33. The van der Waals surface area contributed by atoms with Gasteiger partial charge in [0, 0.05) is 12.5 Å². The Balaban J connectivity index is 2.02. The van der Waals surface area contributed by atoms with E-state index in [0.29, 0.717) is 11.1 Å². The molecule has 1 aliphatic rings. The second kappa shape index (κ2) is 6.06. The van der Waals surface area contributed by atoms with Gasteiger partial charge in [0.15, 0.2) is 0 Å². The molecule has 0 unspecified atom stereocenters. The van der Waals surface area contributed by atoms with Gasteiger partial charge in [-0.05, 0) is 24.3 Å². The van der Waals surface area contributed by atoms with Gasteiger partial charge in [0.2, 0.25) is 10.0 Å². The maximum absolute atomic E-state index is 13.0. The average molecular weight is 367 g/mol. The summed E-state index contributed by atoms with van der Waals surface area (Å²) < 4.78 is 32.1. The molecule has 0 radical (unpaired) electrons. The molecule has 1 aliphatic carbocycles. The predicted molar refractivity (Wildman–Crippen MR) is 89.6 cm³/mol. The molecular weight excluding hydrogens is 346 g/mol. The van der Waals surface area contributed by atoms with Gasteiger partial charge in [-0.15, -0.1) is 0 Å². The number of hydrogen-bond donors (Lipinski definition) is 1. The number of rotatable bonds is 6. The van der Waals surface area contributed by atoms with Gasteiger partial charge < -0.3 is 9.63 Å². The Morgan fingerprint density at radius 3 is 2.64 bits per heavy atom. The van der Waals surface area contributed by atoms with E-state index < -0.39 is 28.0 Å². The minimum absolute atomic E-state index is 0.0457. The Kier molecular flexibility index (Phi) is 4.32. The van der Waals surface area contributed by atoms with Crippen molar-refractivity contribution in [1.29, 1.82) is 0 Å². The molecule has 2 aromatic heterocycles. The van der Waals surface area contributed by atoms with Crippen LogP contribution in [0.25, 0.3) is 11.1 Å². The highest BCUT2D eigenvalue weighted by molar-refractivity contribution is 7.89. The number of carboxylic acid groups (broad SMARTS) is 1. The third-order valence-electron chi connectivity index (χ3n) is 3.90. The quantitative estimate of drug-likeness (QED) is 0.832. The van der Waals surface area contributed by atoms with Crippen LogP contribution in [0.2, 0.25) is 0 Å². The van der Waals surface area contributed by atoms with Crippen molar-refractivity contribution in [2.75, 3.05) is 13.1 Å². The minimum atomic E-state index is -4.00. The lowest BCUT2D eigenvalue weighted by Gasteiger charge is -2.28. The standard InChI is InChI=1S/C16H21N3O5S/c1-16(2,3)9-19(8-13(20)21)25(22,23)11-6-12-14(10-4-5-10)18-24-15(12)17-7-11/h6-7,10H,4-5,8-9H2,1-3H3,(H,20,21). The predicted octanol–water partition coefficient (Wildman–Crippen LogP) is 2.22. The van der Waals surface area contributed by atoms with Gasteiger partial charge in [-0.1, -0.05) is 25.9 Å². The molecular formula is C16H21N3O5S. The molecule has 0 amide bonds. The Hall–Kier alpha value is -2.00. The number of pyridine rings is 1. The Labute approximate surface area is 145 Å². The molecule has 0 bridgehead atoms. The first-order chi connectivity index (χ1) is 11.6. The van der Waals surface area contributed by atoms with Crippen molar-refractivity contribution >= 4 is 27.1 Å². The fourth-order valence-electron chi connectivity index (χ4n) is 2.68. The number of carboxylic acids is 1. The topological polar surface area (TPSA) is 114 Å². The summed E-state index contributed by atoms with van der Waals surface area (Å²) in [6.45, 7) is 5.04. The fourth-order valence-corrected chi connectivity index (χ4v) is 4.27. The van der Waals surface area contributed by atoms with Crippen molar-refractivity contribution < 1.29 is 22.8 Å². The molecule has 9 heteroatoms. The summed E-state index contributed by atoms with van der Waals surface area (Å²) >= 11 is 0. The van der Waals surface area contributed by atoms with Crippen molar-refractivity contribution in [2.24, 2.45) is 5.41 Å². The molecule has 1 fully saturated rings. The Bertz CT molecular complexity index is 909. The highest BCUT2D eigenvalue weighted by atomic mass is 32.2. The zero-order valence-corrected chi connectivity index (χ0v) is 15.2. The first-order valence-corrected chi connectivity index (χ1v) is 9.49. The zero-order valence-electron chi connectivity index (χ0n) is 14.4. The average Bonchev–Trinajstić information content (AvgIpc) is 3.23. The van der Waals surface area contributed by atoms with Gasteiger partial charge in [0.1, 0.15) is 11.4 Å². The molecule has 0 atom stereocenters. The van der Waals surface area contributed by atoms with Crippen LogP contribution in [0.4, 0.5) is 0 Å². The van der Waals surface area contributed by atoms with Crippen LogP contribution in [0.5, 0.6) is 0 Å². The molecule has 2 aromatic rings. The molecule has 0 aromatic carbocycles. The summed E-state index contributed by atoms with van der Waals surface area (Å²) in [5.41, 5.74) is 0.623. The van der Waals surface area contributed by atoms with Gasteiger partial charge in [-0.2, -0.15) is 4.31 Å².